The summed E-state index contributed by atoms with van der Waals surface area (Å²) in [5.41, 5.74) is 0.473. The zero-order valence-corrected chi connectivity index (χ0v) is 15.8. The van der Waals surface area contributed by atoms with E-state index in [1.165, 1.54) is 45.4 Å². The maximum atomic E-state index is 12.4. The van der Waals surface area contributed by atoms with Crippen molar-refractivity contribution in [2.75, 3.05) is 18.9 Å². The molecule has 0 radical (unpaired) electrons. The maximum Gasteiger partial charge on any atom is 0.346 e. The lowest BCUT2D eigenvalue weighted by Crippen LogP contribution is -2.25. The number of nitrogens with one attached hydrogen (secondary N) is 1. The van der Waals surface area contributed by atoms with Crippen LogP contribution in [0.3, 0.4) is 0 Å². The summed E-state index contributed by atoms with van der Waals surface area (Å²) in [6.45, 7) is 1.38. The van der Waals surface area contributed by atoms with Crippen LogP contribution in [0.15, 0.2) is 53.4 Å². The number of methoxy groups -OCH3 is 2. The zero-order valence-electron chi connectivity index (χ0n) is 15.0. The Morgan fingerprint density at radius 2 is 1.56 bits per heavy atom. The Balaban J connectivity index is 2.10. The monoisotopic (exact) mass is 393 g/mol. The van der Waals surface area contributed by atoms with E-state index in [-0.39, 0.29) is 10.5 Å². The zero-order chi connectivity index (χ0) is 20.0. The number of rotatable bonds is 7. The molecule has 8 nitrogen and oxygen atoms in total. The van der Waals surface area contributed by atoms with Crippen LogP contribution in [0.5, 0.6) is 5.75 Å². The molecule has 0 aliphatic carbocycles. The van der Waals surface area contributed by atoms with E-state index in [2.05, 4.69) is 9.46 Å². The molecule has 0 aliphatic heterocycles. The number of ether oxygens (including phenoxy) is 3. The fraction of sp³-hybridized carbons (Fsp3) is 0.222. The van der Waals surface area contributed by atoms with Crippen LogP contribution < -0.4 is 9.46 Å². The molecule has 0 bridgehead atoms. The first-order valence-corrected chi connectivity index (χ1v) is 9.31. The van der Waals surface area contributed by atoms with Crippen LogP contribution in [-0.2, 0) is 24.3 Å². The summed E-state index contributed by atoms with van der Waals surface area (Å²) in [6.07, 6.45) is -1.07. The van der Waals surface area contributed by atoms with Crippen molar-refractivity contribution in [3.8, 4) is 5.75 Å². The largest absolute Gasteiger partial charge is 0.497 e. The van der Waals surface area contributed by atoms with E-state index >= 15 is 0 Å². The van der Waals surface area contributed by atoms with Gasteiger partial charge in [-0.15, -0.1) is 0 Å². The third-order valence-electron chi connectivity index (χ3n) is 3.56. The van der Waals surface area contributed by atoms with E-state index in [4.69, 9.17) is 9.47 Å². The average molecular weight is 393 g/mol. The highest BCUT2D eigenvalue weighted by Crippen LogP contribution is 2.20. The maximum absolute atomic E-state index is 12.4. The lowest BCUT2D eigenvalue weighted by molar-refractivity contribution is -0.149. The molecule has 2 aromatic rings. The normalized spacial score (nSPS) is 12.0. The average Bonchev–Trinajstić information content (AvgIpc) is 2.67. The van der Waals surface area contributed by atoms with Crippen molar-refractivity contribution in [2.45, 2.75) is 17.9 Å². The van der Waals surface area contributed by atoms with Gasteiger partial charge in [0.2, 0.25) is 0 Å². The van der Waals surface area contributed by atoms with E-state index in [1.807, 2.05) is 0 Å². The molecule has 0 amide bonds. The Hall–Kier alpha value is -3.07. The van der Waals surface area contributed by atoms with E-state index < -0.39 is 28.1 Å². The van der Waals surface area contributed by atoms with Crippen molar-refractivity contribution < 1.29 is 32.2 Å². The first-order chi connectivity index (χ1) is 12.8. The van der Waals surface area contributed by atoms with Gasteiger partial charge in [0, 0.05) is 5.69 Å². The van der Waals surface area contributed by atoms with Crippen molar-refractivity contribution >= 4 is 27.6 Å². The Bertz CT molecular complexity index is 906. The molecule has 0 spiro atoms. The molecule has 0 saturated carbocycles. The molecule has 9 heteroatoms. The van der Waals surface area contributed by atoms with E-state index in [0.29, 0.717) is 11.4 Å². The number of anilines is 1. The molecule has 1 N–H and O–H groups in total. The van der Waals surface area contributed by atoms with Gasteiger partial charge in [0.1, 0.15) is 5.75 Å². The van der Waals surface area contributed by atoms with Gasteiger partial charge in [-0.1, -0.05) is 0 Å². The van der Waals surface area contributed by atoms with Crippen molar-refractivity contribution in [3.63, 3.8) is 0 Å². The number of benzene rings is 2. The number of sulfonamides is 1. The smallest absolute Gasteiger partial charge is 0.346 e. The number of hydrogen-bond donors (Lipinski definition) is 1. The van der Waals surface area contributed by atoms with E-state index in [9.17, 15) is 18.0 Å². The van der Waals surface area contributed by atoms with Gasteiger partial charge in [-0.2, -0.15) is 0 Å². The predicted molar refractivity (Wildman–Crippen MR) is 97.1 cm³/mol. The highest BCUT2D eigenvalue weighted by Gasteiger charge is 2.20. The second-order valence-corrected chi connectivity index (χ2v) is 7.11. The highest BCUT2D eigenvalue weighted by atomic mass is 32.2. The van der Waals surface area contributed by atoms with E-state index in [0.717, 1.165) is 0 Å². The summed E-state index contributed by atoms with van der Waals surface area (Å²) in [7, 11) is -1.14. The second-order valence-electron chi connectivity index (χ2n) is 5.43. The molecule has 0 fully saturated rings. The van der Waals surface area contributed by atoms with Crippen LogP contribution in [0, 0.1) is 0 Å². The molecule has 0 aromatic heterocycles. The molecule has 1 atom stereocenters. The van der Waals surface area contributed by atoms with Crippen LogP contribution in [-0.4, -0.2) is 40.7 Å². The van der Waals surface area contributed by atoms with Crippen molar-refractivity contribution in [2.24, 2.45) is 0 Å². The minimum absolute atomic E-state index is 0.0316. The van der Waals surface area contributed by atoms with Gasteiger partial charge in [-0.25, -0.2) is 18.0 Å². The summed E-state index contributed by atoms with van der Waals surface area (Å²) < 4.78 is 41.7. The predicted octanol–water partition coefficient (Wildman–Crippen LogP) is 2.21. The molecular formula is C18H19NO7S. The number of carbonyl (C=O) groups excluding carboxylic acids is 2. The Labute approximate surface area is 157 Å². The molecule has 27 heavy (non-hydrogen) atoms. The molecule has 0 saturated heterocycles. The molecular weight excluding hydrogens is 374 g/mol. The lowest BCUT2D eigenvalue weighted by Gasteiger charge is -2.12. The van der Waals surface area contributed by atoms with Crippen molar-refractivity contribution in [3.05, 3.63) is 54.1 Å². The fourth-order valence-electron chi connectivity index (χ4n) is 2.09. The molecule has 2 aromatic carbocycles. The second kappa shape index (κ2) is 8.54. The standard InChI is InChI=1S/C18H19NO7S/c1-12(17(20)25-3)26-18(21)13-4-10-16(11-5-13)27(22,23)19-14-6-8-15(24-2)9-7-14/h4-12,19H,1-3H3/t12-/m1/s1. The van der Waals surface area contributed by atoms with Crippen LogP contribution in [0.25, 0.3) is 0 Å². The van der Waals surface area contributed by atoms with Crippen LogP contribution >= 0.6 is 0 Å². The van der Waals surface area contributed by atoms with Crippen LogP contribution in [0.2, 0.25) is 0 Å². The van der Waals surface area contributed by atoms with Gasteiger partial charge >= 0.3 is 11.9 Å². The molecule has 0 heterocycles. The minimum Gasteiger partial charge on any atom is -0.497 e. The fourth-order valence-corrected chi connectivity index (χ4v) is 3.14. The molecule has 0 aliphatic rings. The topological polar surface area (TPSA) is 108 Å². The SMILES string of the molecule is COC(=O)[C@@H](C)OC(=O)c1ccc(S(=O)(=O)Nc2ccc(OC)cc2)cc1. The minimum atomic E-state index is -3.83. The lowest BCUT2D eigenvalue weighted by atomic mass is 10.2. The van der Waals surface area contributed by atoms with Gasteiger partial charge in [-0.05, 0) is 55.5 Å². The molecule has 0 unspecified atom stereocenters. The van der Waals surface area contributed by atoms with Gasteiger partial charge in [-0.3, -0.25) is 4.72 Å². The number of hydrogen-bond acceptors (Lipinski definition) is 7. The van der Waals surface area contributed by atoms with Crippen molar-refractivity contribution in [1.29, 1.82) is 0 Å². The Morgan fingerprint density at radius 1 is 0.963 bits per heavy atom. The number of esters is 2. The Kier molecular flexibility index (Phi) is 6.40. The van der Waals surface area contributed by atoms with Crippen LogP contribution in [0.4, 0.5) is 5.69 Å². The summed E-state index contributed by atoms with van der Waals surface area (Å²) in [4.78, 5) is 23.2. The quantitative estimate of drug-likeness (QED) is 0.719. The van der Waals surface area contributed by atoms with E-state index in [1.54, 1.807) is 24.3 Å². The van der Waals surface area contributed by atoms with Gasteiger partial charge in [0.05, 0.1) is 24.7 Å². The summed E-state index contributed by atoms with van der Waals surface area (Å²) in [6, 6.07) is 11.5. The molecule has 2 rings (SSSR count). The summed E-state index contributed by atoms with van der Waals surface area (Å²) in [5, 5.41) is 0. The van der Waals surface area contributed by atoms with Gasteiger partial charge < -0.3 is 14.2 Å². The highest BCUT2D eigenvalue weighted by molar-refractivity contribution is 7.92. The third kappa shape index (κ3) is 5.20. The Morgan fingerprint density at radius 3 is 2.07 bits per heavy atom. The first-order valence-electron chi connectivity index (χ1n) is 7.82. The van der Waals surface area contributed by atoms with Gasteiger partial charge in [0.15, 0.2) is 6.10 Å². The summed E-state index contributed by atoms with van der Waals surface area (Å²) in [5.74, 6) is -0.854. The van der Waals surface area contributed by atoms with Crippen LogP contribution in [0.1, 0.15) is 17.3 Å². The first kappa shape index (κ1) is 20.2. The molecule has 144 valence electrons. The van der Waals surface area contributed by atoms with Gasteiger partial charge in [0.25, 0.3) is 10.0 Å². The summed E-state index contributed by atoms with van der Waals surface area (Å²) >= 11 is 0. The number of carbonyl (C=O) groups is 2. The third-order valence-corrected chi connectivity index (χ3v) is 4.96. The van der Waals surface area contributed by atoms with Crippen molar-refractivity contribution in [1.82, 2.24) is 0 Å².